The lowest BCUT2D eigenvalue weighted by Gasteiger charge is -2.12. The average Bonchev–Trinajstić information content (AvgIpc) is 3.16. The van der Waals surface area contributed by atoms with E-state index < -0.39 is 0 Å². The molecule has 0 fully saturated rings. The van der Waals surface area contributed by atoms with E-state index in [0.717, 1.165) is 18.6 Å². The van der Waals surface area contributed by atoms with Gasteiger partial charge in [0.15, 0.2) is 5.82 Å². The smallest absolute Gasteiger partial charge is 0.324 e. The minimum Gasteiger partial charge on any atom is -0.494 e. The molecule has 0 saturated heterocycles. The lowest BCUT2D eigenvalue weighted by molar-refractivity contribution is 0.262. The number of anilines is 2. The third-order valence-electron chi connectivity index (χ3n) is 4.23. The van der Waals surface area contributed by atoms with Gasteiger partial charge in [-0.05, 0) is 54.8 Å². The van der Waals surface area contributed by atoms with Crippen LogP contribution in [0.3, 0.4) is 0 Å². The molecule has 7 nitrogen and oxygen atoms in total. The molecule has 0 radical (unpaired) electrons. The van der Waals surface area contributed by atoms with Gasteiger partial charge in [-0.1, -0.05) is 25.9 Å². The fourth-order valence-electron chi connectivity index (χ4n) is 2.62. The number of amides is 2. The Morgan fingerprint density at radius 2 is 1.79 bits per heavy atom. The van der Waals surface area contributed by atoms with Crippen molar-refractivity contribution in [2.75, 3.05) is 17.2 Å². The number of nitrogens with zero attached hydrogens (tertiary/aromatic N) is 2. The first-order valence-electron chi connectivity index (χ1n) is 9.57. The molecule has 2 amide bonds. The highest BCUT2D eigenvalue weighted by Crippen LogP contribution is 2.24. The number of aromatic nitrogens is 2. The summed E-state index contributed by atoms with van der Waals surface area (Å²) in [4.78, 5) is 16.1. The van der Waals surface area contributed by atoms with Crippen molar-refractivity contribution in [2.45, 2.75) is 39.0 Å². The Kier molecular flexibility index (Phi) is 6.49. The van der Waals surface area contributed by atoms with Crippen LogP contribution >= 0.6 is 0 Å². The molecule has 0 aliphatic heterocycles. The molecule has 29 heavy (non-hydrogen) atoms. The number of aryl methyl sites for hydroxylation is 1. The van der Waals surface area contributed by atoms with Crippen molar-refractivity contribution in [1.29, 1.82) is 0 Å². The fourth-order valence-corrected chi connectivity index (χ4v) is 2.62. The second kappa shape index (κ2) is 9.23. The quantitative estimate of drug-likeness (QED) is 0.549. The van der Waals surface area contributed by atoms with Crippen LogP contribution in [0.1, 0.15) is 38.5 Å². The Hall–Kier alpha value is -3.35. The highest BCUT2D eigenvalue weighted by Gasteiger charge is 2.20. The molecule has 0 aliphatic carbocycles. The van der Waals surface area contributed by atoms with Crippen LogP contribution in [-0.2, 0) is 11.8 Å². The van der Waals surface area contributed by atoms with E-state index in [1.807, 2.05) is 45.0 Å². The molecule has 0 saturated carbocycles. The topological polar surface area (TPSA) is 89.3 Å². The van der Waals surface area contributed by atoms with E-state index in [4.69, 9.17) is 9.26 Å². The SMILES string of the molecule is CC(C)(C)c1cc(NC(=O)Nc2ccc(OCCCc3ccncc3)cc2)no1. The van der Waals surface area contributed by atoms with E-state index in [0.29, 0.717) is 23.9 Å². The zero-order valence-electron chi connectivity index (χ0n) is 16.9. The summed E-state index contributed by atoms with van der Waals surface area (Å²) in [5, 5.41) is 9.30. The van der Waals surface area contributed by atoms with Gasteiger partial charge in [0.2, 0.25) is 0 Å². The first-order valence-corrected chi connectivity index (χ1v) is 9.57. The molecule has 3 aromatic rings. The highest BCUT2D eigenvalue weighted by atomic mass is 16.5. The lowest BCUT2D eigenvalue weighted by atomic mass is 9.93. The largest absolute Gasteiger partial charge is 0.494 e. The number of hydrogen-bond donors (Lipinski definition) is 2. The summed E-state index contributed by atoms with van der Waals surface area (Å²) in [7, 11) is 0. The minimum absolute atomic E-state index is 0.169. The summed E-state index contributed by atoms with van der Waals surface area (Å²) in [5.74, 6) is 1.84. The summed E-state index contributed by atoms with van der Waals surface area (Å²) >= 11 is 0. The summed E-state index contributed by atoms with van der Waals surface area (Å²) in [6.07, 6.45) is 5.45. The van der Waals surface area contributed by atoms with Crippen LogP contribution in [0.25, 0.3) is 0 Å². The number of rotatable bonds is 7. The Balaban J connectivity index is 1.42. The van der Waals surface area contributed by atoms with Gasteiger partial charge in [-0.2, -0.15) is 0 Å². The summed E-state index contributed by atoms with van der Waals surface area (Å²) in [6.45, 7) is 6.66. The molecule has 0 unspecified atom stereocenters. The first-order chi connectivity index (χ1) is 13.9. The van der Waals surface area contributed by atoms with Crippen LogP contribution in [0.2, 0.25) is 0 Å². The maximum Gasteiger partial charge on any atom is 0.324 e. The standard InChI is InChI=1S/C22H26N4O3/c1-22(2,3)19-15-20(26-29-19)25-21(27)24-17-6-8-18(9-7-17)28-14-4-5-16-10-12-23-13-11-16/h6-13,15H,4-5,14H2,1-3H3,(H2,24,25,26,27). The third kappa shape index (κ3) is 6.34. The minimum atomic E-state index is -0.384. The van der Waals surface area contributed by atoms with Crippen LogP contribution in [0.15, 0.2) is 59.4 Å². The van der Waals surface area contributed by atoms with Gasteiger partial charge in [-0.3, -0.25) is 10.3 Å². The zero-order chi connectivity index (χ0) is 20.7. The number of carbonyl (C=O) groups excluding carboxylic acids is 1. The molecule has 2 N–H and O–H groups in total. The van der Waals surface area contributed by atoms with Gasteiger partial charge in [0.1, 0.15) is 11.5 Å². The number of nitrogens with one attached hydrogen (secondary N) is 2. The normalized spacial score (nSPS) is 11.1. The van der Waals surface area contributed by atoms with E-state index in [2.05, 4.69) is 20.8 Å². The van der Waals surface area contributed by atoms with Crippen molar-refractivity contribution in [2.24, 2.45) is 0 Å². The maximum atomic E-state index is 12.1. The predicted molar refractivity (Wildman–Crippen MR) is 112 cm³/mol. The molecule has 3 rings (SSSR count). The Bertz CT molecular complexity index is 915. The summed E-state index contributed by atoms with van der Waals surface area (Å²) in [6, 6.07) is 12.6. The number of benzene rings is 1. The van der Waals surface area contributed by atoms with Crippen molar-refractivity contribution >= 4 is 17.5 Å². The van der Waals surface area contributed by atoms with Gasteiger partial charge in [0.05, 0.1) is 6.61 Å². The highest BCUT2D eigenvalue weighted by molar-refractivity contribution is 5.99. The molecule has 0 spiro atoms. The van der Waals surface area contributed by atoms with E-state index in [-0.39, 0.29) is 11.4 Å². The van der Waals surface area contributed by atoms with Gasteiger partial charge in [0.25, 0.3) is 0 Å². The number of hydrogen-bond acceptors (Lipinski definition) is 5. The molecule has 1 aromatic carbocycles. The number of pyridine rings is 1. The molecule has 0 bridgehead atoms. The van der Waals surface area contributed by atoms with Crippen molar-refractivity contribution in [3.05, 3.63) is 66.2 Å². The van der Waals surface area contributed by atoms with Crippen LogP contribution in [0, 0.1) is 0 Å². The molecule has 0 atom stereocenters. The molecule has 2 aromatic heterocycles. The van der Waals surface area contributed by atoms with Crippen molar-refractivity contribution in [1.82, 2.24) is 10.1 Å². The summed E-state index contributed by atoms with van der Waals surface area (Å²) in [5.41, 5.74) is 1.74. The van der Waals surface area contributed by atoms with Gasteiger partial charge >= 0.3 is 6.03 Å². The van der Waals surface area contributed by atoms with Gasteiger partial charge in [-0.25, -0.2) is 4.79 Å². The van der Waals surface area contributed by atoms with E-state index >= 15 is 0 Å². The Morgan fingerprint density at radius 3 is 2.45 bits per heavy atom. The first kappa shape index (κ1) is 20.4. The summed E-state index contributed by atoms with van der Waals surface area (Å²) < 4.78 is 11.0. The van der Waals surface area contributed by atoms with Crippen molar-refractivity contribution in [3.63, 3.8) is 0 Å². The average molecular weight is 394 g/mol. The Labute approximate surface area is 170 Å². The van der Waals surface area contributed by atoms with E-state index in [1.54, 1.807) is 30.6 Å². The number of carbonyl (C=O) groups is 1. The van der Waals surface area contributed by atoms with Crippen LogP contribution in [-0.4, -0.2) is 22.8 Å². The Morgan fingerprint density at radius 1 is 1.07 bits per heavy atom. The fraction of sp³-hybridized carbons (Fsp3) is 0.318. The number of ether oxygens (including phenoxy) is 1. The molecule has 152 valence electrons. The van der Waals surface area contributed by atoms with E-state index in [1.165, 1.54) is 5.56 Å². The van der Waals surface area contributed by atoms with Crippen molar-refractivity contribution < 1.29 is 14.1 Å². The maximum absolute atomic E-state index is 12.1. The molecule has 7 heteroatoms. The van der Waals surface area contributed by atoms with Gasteiger partial charge in [0, 0.05) is 29.6 Å². The van der Waals surface area contributed by atoms with E-state index in [9.17, 15) is 4.79 Å². The monoisotopic (exact) mass is 394 g/mol. The van der Waals surface area contributed by atoms with Crippen LogP contribution in [0.5, 0.6) is 5.75 Å². The van der Waals surface area contributed by atoms with Crippen LogP contribution < -0.4 is 15.4 Å². The predicted octanol–water partition coefficient (Wildman–Crippen LogP) is 5.02. The third-order valence-corrected chi connectivity index (χ3v) is 4.23. The van der Waals surface area contributed by atoms with Crippen LogP contribution in [0.4, 0.5) is 16.3 Å². The number of urea groups is 1. The molecule has 0 aliphatic rings. The molecular weight excluding hydrogens is 368 g/mol. The van der Waals surface area contributed by atoms with Gasteiger partial charge < -0.3 is 14.6 Å². The van der Waals surface area contributed by atoms with Gasteiger partial charge in [-0.15, -0.1) is 0 Å². The lowest BCUT2D eigenvalue weighted by Crippen LogP contribution is -2.19. The molecular formula is C22H26N4O3. The second-order valence-electron chi connectivity index (χ2n) is 7.74. The molecule has 2 heterocycles. The zero-order valence-corrected chi connectivity index (χ0v) is 16.9. The van der Waals surface area contributed by atoms with Crippen molar-refractivity contribution in [3.8, 4) is 5.75 Å². The second-order valence-corrected chi connectivity index (χ2v) is 7.74.